The number of carboxylic acid groups (broad SMARTS) is 1. The van der Waals surface area contributed by atoms with Crippen molar-refractivity contribution in [2.75, 3.05) is 0 Å². The number of halogens is 1. The van der Waals surface area contributed by atoms with Crippen molar-refractivity contribution in [3.05, 3.63) is 15.9 Å². The standard InChI is InChI=1S/C9H12BrNO2S2/c1-6(9(12)13)11-15(2,3)8-5-4-7(10)14-8/h4-6,11H,2-3H2,1H3,(H,12,13)/t6-/m1/s1. The summed E-state index contributed by atoms with van der Waals surface area (Å²) in [6.07, 6.45) is 0. The van der Waals surface area contributed by atoms with E-state index in [-0.39, 0.29) is 0 Å². The summed E-state index contributed by atoms with van der Waals surface area (Å²) in [7, 11) is -1.73. The fourth-order valence-electron chi connectivity index (χ4n) is 0.955. The lowest BCUT2D eigenvalue weighted by Gasteiger charge is -2.17. The monoisotopic (exact) mass is 309 g/mol. The molecule has 0 aliphatic rings. The van der Waals surface area contributed by atoms with E-state index in [1.165, 1.54) is 11.3 Å². The Morgan fingerprint density at radius 3 is 2.67 bits per heavy atom. The number of nitrogens with one attached hydrogen (secondary N) is 1. The van der Waals surface area contributed by atoms with E-state index in [0.717, 1.165) is 8.00 Å². The van der Waals surface area contributed by atoms with Gasteiger partial charge in [-0.2, -0.15) is 0 Å². The number of hydrogen-bond donors (Lipinski definition) is 2. The average molecular weight is 310 g/mol. The van der Waals surface area contributed by atoms with E-state index in [0.29, 0.717) is 0 Å². The molecule has 0 aromatic carbocycles. The van der Waals surface area contributed by atoms with Gasteiger partial charge >= 0.3 is 5.97 Å². The molecule has 1 atom stereocenters. The average Bonchev–Trinajstić information content (AvgIpc) is 2.51. The first-order chi connectivity index (χ1) is 6.83. The van der Waals surface area contributed by atoms with Crippen LogP contribution in [0.25, 0.3) is 0 Å². The lowest BCUT2D eigenvalue weighted by molar-refractivity contribution is -0.138. The topological polar surface area (TPSA) is 49.3 Å². The molecular weight excluding hydrogens is 298 g/mol. The zero-order valence-electron chi connectivity index (χ0n) is 8.20. The fraction of sp³-hybridized carbons (Fsp3) is 0.222. The van der Waals surface area contributed by atoms with Crippen molar-refractivity contribution in [2.24, 2.45) is 0 Å². The zero-order chi connectivity index (χ0) is 11.6. The molecule has 0 amide bonds. The second kappa shape index (κ2) is 4.69. The maximum Gasteiger partial charge on any atom is 0.321 e. The minimum atomic E-state index is -1.73. The summed E-state index contributed by atoms with van der Waals surface area (Å²) in [5.74, 6) is 7.03. The molecule has 0 saturated carbocycles. The highest BCUT2D eigenvalue weighted by molar-refractivity contribution is 9.11. The van der Waals surface area contributed by atoms with Gasteiger partial charge in [0, 0.05) is 0 Å². The molecule has 15 heavy (non-hydrogen) atoms. The Morgan fingerprint density at radius 2 is 2.27 bits per heavy atom. The van der Waals surface area contributed by atoms with Crippen LogP contribution in [0.1, 0.15) is 6.92 Å². The second-order valence-electron chi connectivity index (χ2n) is 3.12. The summed E-state index contributed by atoms with van der Waals surface area (Å²) in [4.78, 5) is 10.7. The van der Waals surface area contributed by atoms with Crippen LogP contribution in [0.4, 0.5) is 0 Å². The van der Waals surface area contributed by atoms with Gasteiger partial charge in [0.1, 0.15) is 6.04 Å². The molecule has 1 heterocycles. The van der Waals surface area contributed by atoms with Gasteiger partial charge in [0.15, 0.2) is 0 Å². The minimum absolute atomic E-state index is 0.643. The Hall–Kier alpha value is -0.300. The molecular formula is C9H12BrNO2S2. The Morgan fingerprint density at radius 1 is 1.67 bits per heavy atom. The minimum Gasteiger partial charge on any atom is -0.480 e. The first kappa shape index (κ1) is 12.8. The number of rotatable bonds is 4. The van der Waals surface area contributed by atoms with Gasteiger partial charge in [0.25, 0.3) is 0 Å². The third-order valence-electron chi connectivity index (χ3n) is 1.71. The Balaban J connectivity index is 2.90. The number of thiophene rings is 1. The van der Waals surface area contributed by atoms with Gasteiger partial charge in [-0.15, -0.1) is 20.7 Å². The summed E-state index contributed by atoms with van der Waals surface area (Å²) in [6, 6.07) is 3.17. The molecule has 0 fully saturated rings. The van der Waals surface area contributed by atoms with Crippen molar-refractivity contribution < 1.29 is 9.90 Å². The first-order valence-electron chi connectivity index (χ1n) is 4.08. The largest absolute Gasteiger partial charge is 0.480 e. The van der Waals surface area contributed by atoms with Crippen molar-refractivity contribution in [1.29, 1.82) is 0 Å². The quantitative estimate of drug-likeness (QED) is 0.840. The molecule has 0 radical (unpaired) electrons. The maximum absolute atomic E-state index is 10.7. The zero-order valence-corrected chi connectivity index (χ0v) is 11.4. The van der Waals surface area contributed by atoms with Gasteiger partial charge in [0.2, 0.25) is 0 Å². The molecule has 1 aromatic heterocycles. The molecule has 0 spiro atoms. The molecule has 0 aliphatic heterocycles. The van der Waals surface area contributed by atoms with Crippen LogP contribution >= 0.6 is 36.7 Å². The molecule has 84 valence electrons. The van der Waals surface area contributed by atoms with Crippen molar-refractivity contribution in [3.8, 4) is 0 Å². The van der Waals surface area contributed by atoms with Gasteiger partial charge in [-0.3, -0.25) is 9.52 Å². The third kappa shape index (κ3) is 3.34. The smallest absolute Gasteiger partial charge is 0.321 e. The van der Waals surface area contributed by atoms with Gasteiger partial charge in [-0.1, -0.05) is 11.7 Å². The van der Waals surface area contributed by atoms with Crippen LogP contribution in [-0.4, -0.2) is 28.9 Å². The van der Waals surface area contributed by atoms with Crippen LogP contribution in [0.15, 0.2) is 20.1 Å². The van der Waals surface area contributed by atoms with E-state index in [1.807, 2.05) is 12.1 Å². The van der Waals surface area contributed by atoms with E-state index in [2.05, 4.69) is 32.4 Å². The fourth-order valence-corrected chi connectivity index (χ4v) is 4.67. The summed E-state index contributed by atoms with van der Waals surface area (Å²) in [6.45, 7) is 1.59. The number of hydrogen-bond acceptors (Lipinski definition) is 3. The van der Waals surface area contributed by atoms with E-state index < -0.39 is 21.4 Å². The van der Waals surface area contributed by atoms with Gasteiger partial charge in [-0.05, 0) is 35.0 Å². The van der Waals surface area contributed by atoms with Crippen LogP contribution in [0.2, 0.25) is 0 Å². The van der Waals surface area contributed by atoms with Crippen LogP contribution in [0.5, 0.6) is 0 Å². The van der Waals surface area contributed by atoms with E-state index in [9.17, 15) is 4.79 Å². The van der Waals surface area contributed by atoms with Crippen LogP contribution in [-0.2, 0) is 4.79 Å². The molecule has 1 aromatic rings. The van der Waals surface area contributed by atoms with Crippen molar-refractivity contribution in [1.82, 2.24) is 4.72 Å². The van der Waals surface area contributed by atoms with Gasteiger partial charge in [0.05, 0.1) is 8.00 Å². The summed E-state index contributed by atoms with van der Waals surface area (Å²) in [5.41, 5.74) is 0. The molecule has 3 nitrogen and oxygen atoms in total. The Kier molecular flexibility index (Phi) is 3.99. The second-order valence-corrected chi connectivity index (χ2v) is 8.28. The van der Waals surface area contributed by atoms with Crippen LogP contribution in [0.3, 0.4) is 0 Å². The summed E-state index contributed by atoms with van der Waals surface area (Å²) >= 11 is 4.87. The molecule has 2 N–H and O–H groups in total. The number of aliphatic carboxylic acids is 1. The highest BCUT2D eigenvalue weighted by Gasteiger charge is 2.14. The Labute approximate surface area is 102 Å². The summed E-state index contributed by atoms with van der Waals surface area (Å²) in [5, 5.41) is 8.79. The van der Waals surface area contributed by atoms with Gasteiger partial charge < -0.3 is 5.11 Å². The maximum atomic E-state index is 10.7. The molecule has 0 unspecified atom stereocenters. The lowest BCUT2D eigenvalue weighted by atomic mass is 10.4. The van der Waals surface area contributed by atoms with E-state index in [1.54, 1.807) is 6.92 Å². The number of carbonyl (C=O) groups is 1. The molecule has 1 rings (SSSR count). The van der Waals surface area contributed by atoms with Gasteiger partial charge in [-0.25, -0.2) is 0 Å². The van der Waals surface area contributed by atoms with Crippen LogP contribution < -0.4 is 4.72 Å². The molecule has 0 aliphatic carbocycles. The Bertz CT molecular complexity index is 464. The van der Waals surface area contributed by atoms with Crippen molar-refractivity contribution in [3.63, 3.8) is 0 Å². The van der Waals surface area contributed by atoms with Crippen LogP contribution in [0, 0.1) is 0 Å². The highest BCUT2D eigenvalue weighted by atomic mass is 79.9. The predicted octanol–water partition coefficient (Wildman–Crippen LogP) is 2.52. The van der Waals surface area contributed by atoms with Crippen molar-refractivity contribution >= 4 is 54.4 Å². The molecule has 6 heteroatoms. The van der Waals surface area contributed by atoms with E-state index in [4.69, 9.17) is 5.11 Å². The van der Waals surface area contributed by atoms with Crippen molar-refractivity contribution in [2.45, 2.75) is 17.2 Å². The normalized spacial score (nSPS) is 13.7. The highest BCUT2D eigenvalue weighted by Crippen LogP contribution is 2.36. The SMILES string of the molecule is C=S(=C)(N[C@H](C)C(=O)O)c1ccc(Br)s1. The number of carboxylic acids is 1. The molecule has 0 saturated heterocycles. The molecule has 0 bridgehead atoms. The third-order valence-corrected chi connectivity index (χ3v) is 6.04. The van der Waals surface area contributed by atoms with E-state index >= 15 is 0 Å². The first-order valence-corrected chi connectivity index (χ1v) is 7.66. The summed E-state index contributed by atoms with van der Waals surface area (Å²) < 4.78 is 4.90. The lowest BCUT2D eigenvalue weighted by Crippen LogP contribution is -2.30. The predicted molar refractivity (Wildman–Crippen MR) is 72.4 cm³/mol.